The molecule has 4 nitrogen and oxygen atoms in total. The van der Waals surface area contributed by atoms with Gasteiger partial charge >= 0.3 is 7.80 Å². The monoisotopic (exact) mass is 379 g/mol. The summed E-state index contributed by atoms with van der Waals surface area (Å²) in [5.74, 6) is 4.83. The summed E-state index contributed by atoms with van der Waals surface area (Å²) >= 11 is 0. The second-order valence-electron chi connectivity index (χ2n) is 6.12. The number of carbonyl (C=O) groups is 1. The van der Waals surface area contributed by atoms with Crippen LogP contribution in [0.25, 0.3) is 0 Å². The third kappa shape index (κ3) is 5.33. The van der Waals surface area contributed by atoms with E-state index in [2.05, 4.69) is 5.43 Å². The number of carbonyl (C=O) groups excluding carboxylic acids is 1. The summed E-state index contributed by atoms with van der Waals surface area (Å²) in [7, 11) is -1.42. The third-order valence-corrected chi connectivity index (χ3v) is 5.95. The van der Waals surface area contributed by atoms with E-state index in [-0.39, 0.29) is 5.91 Å². The van der Waals surface area contributed by atoms with Crippen molar-refractivity contribution in [1.29, 1.82) is 0 Å². The maximum atomic E-state index is 12.0. The summed E-state index contributed by atoms with van der Waals surface area (Å²) in [6, 6.07) is 22.8. The van der Waals surface area contributed by atoms with E-state index in [4.69, 9.17) is 5.84 Å². The summed E-state index contributed by atoms with van der Waals surface area (Å²) in [6.07, 6.45) is 0. The molecule has 1 amide bonds. The van der Waals surface area contributed by atoms with Gasteiger partial charge in [0, 0.05) is 5.56 Å². The fourth-order valence-corrected chi connectivity index (χ4v) is 3.74. The van der Waals surface area contributed by atoms with Crippen LogP contribution < -0.4 is 21.9 Å². The summed E-state index contributed by atoms with van der Waals surface area (Å²) < 4.78 is 12.0. The zero-order chi connectivity index (χ0) is 19.8. The molecule has 0 fully saturated rings. The second kappa shape index (κ2) is 9.77. The van der Waals surface area contributed by atoms with E-state index < -0.39 is 7.80 Å². The number of rotatable bonds is 3. The molecule has 0 radical (unpaired) electrons. The zero-order valence-electron chi connectivity index (χ0n) is 15.8. The molecule has 0 spiro atoms. The van der Waals surface area contributed by atoms with Gasteiger partial charge in [0.05, 0.1) is 0 Å². The van der Waals surface area contributed by atoms with Crippen LogP contribution in [0.15, 0.2) is 72.8 Å². The van der Waals surface area contributed by atoms with Gasteiger partial charge in [0.25, 0.3) is 5.91 Å². The van der Waals surface area contributed by atoms with Crippen LogP contribution in [0.2, 0.25) is 0 Å². The molecule has 0 aliphatic rings. The largest absolute Gasteiger partial charge is 0.415 e. The minimum absolute atomic E-state index is 0.236. The zero-order valence-corrected chi connectivity index (χ0v) is 16.7. The van der Waals surface area contributed by atoms with Crippen molar-refractivity contribution in [3.8, 4) is 0 Å². The van der Waals surface area contributed by atoms with Crippen LogP contribution in [0.5, 0.6) is 0 Å². The Kier molecular flexibility index (Phi) is 7.42. The van der Waals surface area contributed by atoms with Gasteiger partial charge in [-0.3, -0.25) is 10.2 Å². The molecule has 27 heavy (non-hydrogen) atoms. The fraction of sp³-hybridized carbons (Fsp3) is 0.136. The first-order valence-corrected chi connectivity index (χ1v) is 9.86. The van der Waals surface area contributed by atoms with Gasteiger partial charge in [-0.25, -0.2) is 5.84 Å². The summed E-state index contributed by atoms with van der Waals surface area (Å²) in [6.45, 7) is 5.94. The molecule has 0 aromatic heterocycles. The Balaban J connectivity index is 0.000000194. The average Bonchev–Trinajstić information content (AvgIpc) is 2.73. The summed E-state index contributed by atoms with van der Waals surface area (Å²) in [4.78, 5) is 11.3. The van der Waals surface area contributed by atoms with E-state index in [1.54, 1.807) is 6.07 Å². The topological polar surface area (TPSA) is 72.2 Å². The van der Waals surface area contributed by atoms with Gasteiger partial charge in [0.1, 0.15) is 0 Å². The Morgan fingerprint density at radius 2 is 1.26 bits per heavy atom. The Labute approximate surface area is 161 Å². The van der Waals surface area contributed by atoms with E-state index >= 15 is 0 Å². The lowest BCUT2D eigenvalue weighted by atomic mass is 9.99. The summed E-state index contributed by atoms with van der Waals surface area (Å²) in [5, 5.41) is 1.77. The van der Waals surface area contributed by atoms with Crippen molar-refractivity contribution in [1.82, 2.24) is 5.43 Å². The molecule has 5 heteroatoms. The Morgan fingerprint density at radius 3 is 1.70 bits per heavy atom. The van der Waals surface area contributed by atoms with Crippen LogP contribution in [0, 0.1) is 20.8 Å². The lowest BCUT2D eigenvalue weighted by molar-refractivity contribution is 0.0953. The van der Waals surface area contributed by atoms with Gasteiger partial charge in [0.15, 0.2) is 10.6 Å². The average molecular weight is 379 g/mol. The Morgan fingerprint density at radius 1 is 0.778 bits per heavy atom. The van der Waals surface area contributed by atoms with Crippen molar-refractivity contribution >= 4 is 24.3 Å². The normalized spacial score (nSPS) is 9.78. The highest BCUT2D eigenvalue weighted by atomic mass is 31.1. The molecule has 0 atom stereocenters. The number of amides is 1. The van der Waals surface area contributed by atoms with Crippen LogP contribution in [-0.2, 0) is 4.57 Å². The number of nitrogens with two attached hydrogens (primary N) is 1. The number of benzene rings is 3. The van der Waals surface area contributed by atoms with Crippen molar-refractivity contribution in [2.45, 2.75) is 20.8 Å². The highest BCUT2D eigenvalue weighted by molar-refractivity contribution is 7.61. The van der Waals surface area contributed by atoms with Crippen LogP contribution in [0.3, 0.4) is 0 Å². The summed E-state index contributed by atoms with van der Waals surface area (Å²) in [5.41, 5.74) is 6.09. The van der Waals surface area contributed by atoms with E-state index in [9.17, 15) is 9.36 Å². The minimum Gasteiger partial charge on any atom is -0.290 e. The van der Waals surface area contributed by atoms with Crippen molar-refractivity contribution in [3.05, 3.63) is 95.1 Å². The van der Waals surface area contributed by atoms with Crippen LogP contribution >= 0.6 is 7.80 Å². The van der Waals surface area contributed by atoms with Gasteiger partial charge in [-0.05, 0) is 67.8 Å². The molecule has 0 aliphatic heterocycles. The lowest BCUT2D eigenvalue weighted by Crippen LogP contribution is -2.30. The van der Waals surface area contributed by atoms with E-state index in [1.165, 1.54) is 5.56 Å². The molecule has 3 aromatic rings. The lowest BCUT2D eigenvalue weighted by Gasteiger charge is -2.09. The first-order valence-electron chi connectivity index (χ1n) is 8.60. The molecule has 0 unspecified atom stereocenters. The first kappa shape index (κ1) is 20.5. The quantitative estimate of drug-likeness (QED) is 0.316. The SMILES string of the molecule is Cc1ccc(C(=O)NN)c(C)c1C.O=[P+](c1ccccc1)c1ccccc1. The van der Waals surface area contributed by atoms with Gasteiger partial charge in [-0.1, -0.05) is 47.0 Å². The number of nitrogens with one attached hydrogen (secondary N) is 1. The Bertz CT molecular complexity index is 884. The molecule has 0 saturated carbocycles. The second-order valence-corrected chi connectivity index (χ2v) is 7.74. The number of hydrogen-bond donors (Lipinski definition) is 2. The molecule has 0 aliphatic carbocycles. The van der Waals surface area contributed by atoms with Gasteiger partial charge in [0.2, 0.25) is 0 Å². The molecule has 0 bridgehead atoms. The smallest absolute Gasteiger partial charge is 0.290 e. The highest BCUT2D eigenvalue weighted by Crippen LogP contribution is 2.18. The number of aryl methyl sites for hydroxylation is 1. The van der Waals surface area contributed by atoms with Gasteiger partial charge in [-0.2, -0.15) is 0 Å². The van der Waals surface area contributed by atoms with Crippen LogP contribution in [0.4, 0.5) is 0 Å². The fourth-order valence-electron chi connectivity index (χ4n) is 2.56. The predicted molar refractivity (Wildman–Crippen MR) is 112 cm³/mol. The molecular weight excluding hydrogens is 355 g/mol. The maximum Gasteiger partial charge on any atom is 0.415 e. The molecule has 0 heterocycles. The van der Waals surface area contributed by atoms with Crippen molar-refractivity contribution < 1.29 is 9.36 Å². The number of nitrogen functional groups attached to an aromatic ring is 1. The molecule has 0 saturated heterocycles. The van der Waals surface area contributed by atoms with Gasteiger partial charge < -0.3 is 0 Å². The van der Waals surface area contributed by atoms with Crippen molar-refractivity contribution in [3.63, 3.8) is 0 Å². The van der Waals surface area contributed by atoms with Crippen molar-refractivity contribution in [2.24, 2.45) is 5.84 Å². The van der Waals surface area contributed by atoms with Crippen LogP contribution in [-0.4, -0.2) is 5.91 Å². The first-order chi connectivity index (χ1) is 13.0. The van der Waals surface area contributed by atoms with E-state index in [0.29, 0.717) is 5.56 Å². The molecule has 3 N–H and O–H groups in total. The van der Waals surface area contributed by atoms with E-state index in [0.717, 1.165) is 21.7 Å². The maximum absolute atomic E-state index is 12.0. The van der Waals surface area contributed by atoms with Gasteiger partial charge in [-0.15, -0.1) is 0 Å². The minimum atomic E-state index is -1.42. The molecule has 138 valence electrons. The predicted octanol–water partition coefficient (Wildman–Crippen LogP) is 3.68. The van der Waals surface area contributed by atoms with Crippen molar-refractivity contribution in [2.75, 3.05) is 0 Å². The van der Waals surface area contributed by atoms with E-state index in [1.807, 2.05) is 87.5 Å². The molecular formula is C22H24N2O2P+. The standard InChI is InChI=1S/C12H10OP.C10H14N2O/c13-14(11-7-3-1-4-8-11)12-9-5-2-6-10-12;1-6-4-5-9(10(13)12-11)8(3)7(6)2/h1-10H;4-5H,11H2,1-3H3,(H,12,13)/q+1;. The Hall–Kier alpha value is -2.81. The molecule has 3 aromatic carbocycles. The molecule has 3 rings (SSSR count). The number of hydrazine groups is 1. The third-order valence-electron chi connectivity index (χ3n) is 4.42. The number of hydrogen-bond acceptors (Lipinski definition) is 3. The highest BCUT2D eigenvalue weighted by Gasteiger charge is 2.21. The van der Waals surface area contributed by atoms with Crippen LogP contribution in [0.1, 0.15) is 27.0 Å².